The first kappa shape index (κ1) is 11.2. The minimum atomic E-state index is 0.805. The molecule has 1 aliphatic rings. The molecule has 0 spiro atoms. The molecule has 2 N–H and O–H groups in total. The highest BCUT2D eigenvalue weighted by molar-refractivity contribution is 5.76. The highest BCUT2D eigenvalue weighted by Crippen LogP contribution is 2.36. The van der Waals surface area contributed by atoms with Crippen LogP contribution in [0, 0.1) is 0 Å². The Bertz CT molecular complexity index is 421. The molecule has 1 aromatic rings. The van der Waals surface area contributed by atoms with Gasteiger partial charge >= 0.3 is 0 Å². The Morgan fingerprint density at radius 2 is 2.19 bits per heavy atom. The maximum atomic E-state index is 5.80. The lowest BCUT2D eigenvalue weighted by molar-refractivity contribution is 0.202. The molecule has 0 aliphatic heterocycles. The van der Waals surface area contributed by atoms with Crippen molar-refractivity contribution in [2.75, 3.05) is 19.5 Å². The quantitative estimate of drug-likeness (QED) is 0.790. The minimum Gasteiger partial charge on any atom is -0.399 e. The molecular weight excluding hydrogens is 198 g/mol. The van der Waals surface area contributed by atoms with Crippen molar-refractivity contribution in [2.45, 2.75) is 26.2 Å². The zero-order valence-electron chi connectivity index (χ0n) is 10.0. The van der Waals surface area contributed by atoms with Gasteiger partial charge < -0.3 is 10.5 Å². The molecule has 0 saturated heterocycles. The third-order valence-electron chi connectivity index (χ3n) is 3.30. The van der Waals surface area contributed by atoms with Crippen LogP contribution in [-0.4, -0.2) is 13.7 Å². The predicted octanol–water partition coefficient (Wildman–Crippen LogP) is 3.03. The van der Waals surface area contributed by atoms with Gasteiger partial charge in [-0.3, -0.25) is 0 Å². The lowest BCUT2D eigenvalue weighted by Crippen LogP contribution is -1.93. The standard InChI is InChI=1S/C14H19NO/c1-10(7-8-16-2)13-5-3-11-9-12(15)4-6-14(11)13/h4,6,9H,3,5,7-8,15H2,1-2H3/b13-10-. The number of hydrogen-bond acceptors (Lipinski definition) is 2. The van der Waals surface area contributed by atoms with Crippen LogP contribution >= 0.6 is 0 Å². The van der Waals surface area contributed by atoms with Crippen LogP contribution in [0.5, 0.6) is 0 Å². The van der Waals surface area contributed by atoms with Crippen molar-refractivity contribution in [1.82, 2.24) is 0 Å². The van der Waals surface area contributed by atoms with Crippen LogP contribution in [0.25, 0.3) is 5.57 Å². The number of hydrogen-bond donors (Lipinski definition) is 1. The van der Waals surface area contributed by atoms with Gasteiger partial charge in [-0.25, -0.2) is 0 Å². The summed E-state index contributed by atoms with van der Waals surface area (Å²) >= 11 is 0. The fraction of sp³-hybridized carbons (Fsp3) is 0.429. The van der Waals surface area contributed by atoms with Gasteiger partial charge in [0.15, 0.2) is 0 Å². The van der Waals surface area contributed by atoms with E-state index in [-0.39, 0.29) is 0 Å². The third kappa shape index (κ3) is 2.12. The number of allylic oxidation sites excluding steroid dienone is 1. The van der Waals surface area contributed by atoms with Crippen molar-refractivity contribution >= 4 is 11.3 Å². The summed E-state index contributed by atoms with van der Waals surface area (Å²) in [6.45, 7) is 3.01. The van der Waals surface area contributed by atoms with E-state index < -0.39 is 0 Å². The highest BCUT2D eigenvalue weighted by atomic mass is 16.5. The summed E-state index contributed by atoms with van der Waals surface area (Å²) in [6.07, 6.45) is 3.30. The number of methoxy groups -OCH3 is 1. The number of rotatable bonds is 3. The van der Waals surface area contributed by atoms with Crippen LogP contribution < -0.4 is 5.73 Å². The van der Waals surface area contributed by atoms with Crippen LogP contribution in [0.2, 0.25) is 0 Å². The lowest BCUT2D eigenvalue weighted by Gasteiger charge is -2.07. The van der Waals surface area contributed by atoms with Gasteiger partial charge in [-0.05, 0) is 55.0 Å². The Morgan fingerprint density at radius 1 is 1.38 bits per heavy atom. The van der Waals surface area contributed by atoms with Gasteiger partial charge in [-0.2, -0.15) is 0 Å². The van der Waals surface area contributed by atoms with Crippen molar-refractivity contribution in [2.24, 2.45) is 0 Å². The maximum Gasteiger partial charge on any atom is 0.0499 e. The average molecular weight is 217 g/mol. The second kappa shape index (κ2) is 4.71. The molecule has 0 saturated carbocycles. The first-order valence-electron chi connectivity index (χ1n) is 5.78. The Morgan fingerprint density at radius 3 is 2.94 bits per heavy atom. The minimum absolute atomic E-state index is 0.805. The number of ether oxygens (including phenoxy) is 1. The van der Waals surface area contributed by atoms with Gasteiger partial charge in [0.05, 0.1) is 0 Å². The van der Waals surface area contributed by atoms with Crippen LogP contribution in [0.15, 0.2) is 23.8 Å². The summed E-state index contributed by atoms with van der Waals surface area (Å²) in [5.74, 6) is 0. The van der Waals surface area contributed by atoms with E-state index in [2.05, 4.69) is 19.1 Å². The van der Waals surface area contributed by atoms with E-state index in [4.69, 9.17) is 10.5 Å². The highest BCUT2D eigenvalue weighted by Gasteiger charge is 2.17. The monoisotopic (exact) mass is 217 g/mol. The molecule has 1 aliphatic carbocycles. The average Bonchev–Trinajstić information content (AvgIpc) is 2.68. The van der Waals surface area contributed by atoms with Crippen molar-refractivity contribution in [1.29, 1.82) is 0 Å². The van der Waals surface area contributed by atoms with Crippen molar-refractivity contribution in [3.05, 3.63) is 34.9 Å². The molecule has 2 rings (SSSR count). The van der Waals surface area contributed by atoms with Gasteiger partial charge in [-0.1, -0.05) is 11.6 Å². The number of benzene rings is 1. The fourth-order valence-electron chi connectivity index (χ4n) is 2.36. The maximum absolute atomic E-state index is 5.80. The molecule has 0 fully saturated rings. The molecule has 86 valence electrons. The van der Waals surface area contributed by atoms with Crippen LogP contribution in [0.1, 0.15) is 30.9 Å². The second-order valence-corrected chi connectivity index (χ2v) is 4.42. The molecule has 0 radical (unpaired) electrons. The van der Waals surface area contributed by atoms with Crippen molar-refractivity contribution < 1.29 is 4.74 Å². The Hall–Kier alpha value is -1.28. The fourth-order valence-corrected chi connectivity index (χ4v) is 2.36. The van der Waals surface area contributed by atoms with Gasteiger partial charge in [0.25, 0.3) is 0 Å². The van der Waals surface area contributed by atoms with Crippen LogP contribution in [0.4, 0.5) is 5.69 Å². The molecule has 0 unspecified atom stereocenters. The van der Waals surface area contributed by atoms with E-state index in [1.807, 2.05) is 6.07 Å². The topological polar surface area (TPSA) is 35.2 Å². The summed E-state index contributed by atoms with van der Waals surface area (Å²) in [5, 5.41) is 0. The summed E-state index contributed by atoms with van der Waals surface area (Å²) in [4.78, 5) is 0. The molecular formula is C14H19NO. The van der Waals surface area contributed by atoms with Gasteiger partial charge in [0, 0.05) is 19.4 Å². The van der Waals surface area contributed by atoms with Gasteiger partial charge in [0.1, 0.15) is 0 Å². The van der Waals surface area contributed by atoms with E-state index >= 15 is 0 Å². The zero-order chi connectivity index (χ0) is 11.5. The normalized spacial score (nSPS) is 17.4. The van der Waals surface area contributed by atoms with E-state index in [0.29, 0.717) is 0 Å². The lowest BCUT2D eigenvalue weighted by atomic mass is 10.0. The zero-order valence-corrected chi connectivity index (χ0v) is 10.0. The second-order valence-electron chi connectivity index (χ2n) is 4.42. The molecule has 0 aromatic heterocycles. The van der Waals surface area contributed by atoms with E-state index in [9.17, 15) is 0 Å². The molecule has 0 heterocycles. The molecule has 2 nitrogen and oxygen atoms in total. The van der Waals surface area contributed by atoms with E-state index in [1.165, 1.54) is 22.3 Å². The number of anilines is 1. The number of aryl methyl sites for hydroxylation is 1. The largest absolute Gasteiger partial charge is 0.399 e. The Balaban J connectivity index is 2.29. The first-order valence-corrected chi connectivity index (χ1v) is 5.78. The van der Waals surface area contributed by atoms with Crippen molar-refractivity contribution in [3.63, 3.8) is 0 Å². The molecule has 0 bridgehead atoms. The molecule has 2 heteroatoms. The summed E-state index contributed by atoms with van der Waals surface area (Å²) in [6, 6.07) is 6.25. The molecule has 1 aromatic carbocycles. The van der Waals surface area contributed by atoms with Gasteiger partial charge in [-0.15, -0.1) is 0 Å². The summed E-state index contributed by atoms with van der Waals surface area (Å²) in [7, 11) is 1.75. The molecule has 0 amide bonds. The number of nitrogen functional groups attached to an aromatic ring is 1. The molecule has 16 heavy (non-hydrogen) atoms. The smallest absolute Gasteiger partial charge is 0.0499 e. The number of nitrogens with two attached hydrogens (primary N) is 1. The predicted molar refractivity (Wildman–Crippen MR) is 68.3 cm³/mol. The summed E-state index contributed by atoms with van der Waals surface area (Å²) in [5.41, 5.74) is 12.4. The molecule has 0 atom stereocenters. The number of fused-ring (bicyclic) bond motifs is 1. The SMILES string of the molecule is COCC/C(C)=C1/CCc2cc(N)ccc21. The Labute approximate surface area is 97.1 Å². The summed E-state index contributed by atoms with van der Waals surface area (Å²) < 4.78 is 5.12. The van der Waals surface area contributed by atoms with Crippen LogP contribution in [0.3, 0.4) is 0 Å². The first-order chi connectivity index (χ1) is 7.72. The van der Waals surface area contributed by atoms with Gasteiger partial charge in [0.2, 0.25) is 0 Å². The van der Waals surface area contributed by atoms with E-state index in [1.54, 1.807) is 7.11 Å². The van der Waals surface area contributed by atoms with Crippen molar-refractivity contribution in [3.8, 4) is 0 Å². The van der Waals surface area contributed by atoms with Crippen LogP contribution in [-0.2, 0) is 11.2 Å². The third-order valence-corrected chi connectivity index (χ3v) is 3.30. The van der Waals surface area contributed by atoms with E-state index in [0.717, 1.165) is 31.6 Å². The Kier molecular flexibility index (Phi) is 3.30.